The van der Waals surface area contributed by atoms with Gasteiger partial charge < -0.3 is 0 Å². The maximum absolute atomic E-state index is 12.1. The molecule has 0 N–H and O–H groups in total. The Balaban J connectivity index is 2.22. The highest BCUT2D eigenvalue weighted by Crippen LogP contribution is 2.17. The Bertz CT molecular complexity index is 769. The third-order valence-electron chi connectivity index (χ3n) is 3.33. The molecule has 0 unspecified atom stereocenters. The normalized spacial score (nSPS) is 12.7. The molecule has 2 rings (SSSR count). The third-order valence-corrected chi connectivity index (χ3v) is 4.58. The van der Waals surface area contributed by atoms with E-state index in [4.69, 9.17) is 0 Å². The molecule has 5 heteroatoms. The van der Waals surface area contributed by atoms with Crippen LogP contribution in [0.25, 0.3) is 0 Å². The predicted molar refractivity (Wildman–Crippen MR) is 92.0 cm³/mol. The summed E-state index contributed by atoms with van der Waals surface area (Å²) >= 11 is 0. The number of quaternary nitrogens is 1. The van der Waals surface area contributed by atoms with Crippen molar-refractivity contribution in [3.8, 4) is 0 Å². The molecule has 2 aromatic rings. The molecule has 2 aromatic carbocycles. The van der Waals surface area contributed by atoms with Gasteiger partial charge in [-0.15, -0.1) is 0 Å². The molecule has 0 aliphatic heterocycles. The summed E-state index contributed by atoms with van der Waals surface area (Å²) in [5, 5.41) is 0. The lowest BCUT2D eigenvalue weighted by Crippen LogP contribution is -2.34. The maximum Gasteiger partial charge on any atom is 0.282 e. The highest BCUT2D eigenvalue weighted by atomic mass is 32.2. The number of benzene rings is 2. The van der Waals surface area contributed by atoms with E-state index >= 15 is 0 Å². The number of sulfonamides is 1. The van der Waals surface area contributed by atoms with Crippen LogP contribution in [0.15, 0.2) is 57.8 Å². The molecule has 116 valence electrons. The van der Waals surface area contributed by atoms with E-state index in [1.54, 1.807) is 24.3 Å². The Labute approximate surface area is 132 Å². The molecule has 0 aromatic heterocycles. The second-order valence-electron chi connectivity index (χ2n) is 6.13. The van der Waals surface area contributed by atoms with Crippen LogP contribution in [-0.2, 0) is 10.0 Å². The van der Waals surface area contributed by atoms with Gasteiger partial charge in [0.2, 0.25) is 0 Å². The van der Waals surface area contributed by atoms with Crippen LogP contribution in [0.4, 0.5) is 5.69 Å². The van der Waals surface area contributed by atoms with Crippen LogP contribution in [0.1, 0.15) is 11.1 Å². The second-order valence-corrected chi connectivity index (χ2v) is 7.76. The molecule has 0 saturated heterocycles. The zero-order valence-electron chi connectivity index (χ0n) is 13.3. The number of hydrogen-bond donors (Lipinski definition) is 0. The quantitative estimate of drug-likeness (QED) is 0.643. The number of rotatable bonds is 4. The second kappa shape index (κ2) is 6.02. The van der Waals surface area contributed by atoms with E-state index in [0.717, 1.165) is 16.8 Å². The van der Waals surface area contributed by atoms with Gasteiger partial charge >= 0.3 is 0 Å². The lowest BCUT2D eigenvalue weighted by atomic mass is 10.2. The van der Waals surface area contributed by atoms with Crippen LogP contribution in [0, 0.1) is 6.92 Å². The minimum absolute atomic E-state index is 0.206. The highest BCUT2D eigenvalue weighted by Gasteiger charge is 2.12. The van der Waals surface area contributed by atoms with Crippen molar-refractivity contribution in [3.63, 3.8) is 0 Å². The summed E-state index contributed by atoms with van der Waals surface area (Å²) < 4.78 is 28.8. The summed E-state index contributed by atoms with van der Waals surface area (Å²) in [6.07, 6.45) is 1.38. The van der Waals surface area contributed by atoms with Crippen LogP contribution in [0.5, 0.6) is 0 Å². The van der Waals surface area contributed by atoms with Gasteiger partial charge in [0, 0.05) is 6.21 Å². The number of nitrogens with zero attached hydrogens (tertiary/aromatic N) is 2. The fourth-order valence-corrected chi connectivity index (χ4v) is 2.77. The Morgan fingerprint density at radius 1 is 0.909 bits per heavy atom. The molecular weight excluding hydrogens is 296 g/mol. The Morgan fingerprint density at radius 3 is 1.95 bits per heavy atom. The fraction of sp³-hybridized carbons (Fsp3) is 0.235. The summed E-state index contributed by atoms with van der Waals surface area (Å²) in [5.41, 5.74) is 2.91. The first-order valence-electron chi connectivity index (χ1n) is 6.97. The predicted octanol–water partition coefficient (Wildman–Crippen LogP) is 3.00. The average Bonchev–Trinajstić information content (AvgIpc) is 2.45. The molecule has 0 fully saturated rings. The molecule has 0 aliphatic carbocycles. The van der Waals surface area contributed by atoms with Gasteiger partial charge in [0.05, 0.1) is 26.0 Å². The van der Waals surface area contributed by atoms with Gasteiger partial charge in [-0.2, -0.15) is 12.8 Å². The molecule has 4 nitrogen and oxygen atoms in total. The van der Waals surface area contributed by atoms with E-state index in [1.165, 1.54) is 6.21 Å². The smallest absolute Gasteiger partial charge is 0.282 e. The molecule has 0 saturated carbocycles. The topological polar surface area (TPSA) is 46.5 Å². The minimum atomic E-state index is -3.65. The van der Waals surface area contributed by atoms with Gasteiger partial charge in [0.1, 0.15) is 5.69 Å². The molecule has 0 amide bonds. The molecule has 0 bridgehead atoms. The van der Waals surface area contributed by atoms with Gasteiger partial charge in [0.15, 0.2) is 0 Å². The maximum atomic E-state index is 12.1. The first-order chi connectivity index (χ1) is 10.2. The summed E-state index contributed by atoms with van der Waals surface area (Å²) in [7, 11) is 2.57. The van der Waals surface area contributed by atoms with Crippen molar-refractivity contribution >= 4 is 21.9 Å². The van der Waals surface area contributed by atoms with Gasteiger partial charge in [-0.05, 0) is 48.9 Å². The van der Waals surface area contributed by atoms with Crippen molar-refractivity contribution in [1.29, 1.82) is 0 Å². The Morgan fingerprint density at radius 2 is 1.45 bits per heavy atom. The van der Waals surface area contributed by atoms with Crippen molar-refractivity contribution < 1.29 is 8.42 Å². The molecule has 22 heavy (non-hydrogen) atoms. The monoisotopic (exact) mass is 317 g/mol. The zero-order chi connectivity index (χ0) is 16.4. The van der Waals surface area contributed by atoms with Crippen molar-refractivity contribution in [2.45, 2.75) is 11.8 Å². The van der Waals surface area contributed by atoms with Gasteiger partial charge in [-0.1, -0.05) is 17.7 Å². The largest absolute Gasteiger partial charge is 0.298 e. The van der Waals surface area contributed by atoms with Crippen molar-refractivity contribution in [2.75, 3.05) is 21.1 Å². The summed E-state index contributed by atoms with van der Waals surface area (Å²) in [6.45, 7) is 1.91. The highest BCUT2D eigenvalue weighted by molar-refractivity contribution is 7.90. The zero-order valence-corrected chi connectivity index (χ0v) is 14.1. The molecule has 0 aliphatic rings. The molecule has 0 radical (unpaired) electrons. The van der Waals surface area contributed by atoms with E-state index in [-0.39, 0.29) is 4.90 Å². The summed E-state index contributed by atoms with van der Waals surface area (Å²) in [4.78, 5) is 0.206. The first-order valence-corrected chi connectivity index (χ1v) is 8.41. The molecule has 0 heterocycles. The van der Waals surface area contributed by atoms with Crippen molar-refractivity contribution in [1.82, 2.24) is 4.48 Å². The van der Waals surface area contributed by atoms with Gasteiger partial charge in [0.25, 0.3) is 10.0 Å². The first kappa shape index (κ1) is 16.4. The van der Waals surface area contributed by atoms with Crippen LogP contribution < -0.4 is 4.48 Å². The third kappa shape index (κ3) is 4.02. The van der Waals surface area contributed by atoms with E-state index in [2.05, 4.69) is 25.5 Å². The standard InChI is InChI=1S/C17H21N2O2S/c1-14-5-11-17(12-6-14)22(20,21)18-13-15-7-9-16(10-8-15)19(2,3)4/h5-13H,1-4H3/q+1. The summed E-state index contributed by atoms with van der Waals surface area (Å²) in [6, 6.07) is 14.3. The SMILES string of the molecule is Cc1ccc(S(=O)(=O)N=Cc2ccc([N+](C)(C)C)cc2)cc1. The Kier molecular flexibility index (Phi) is 4.49. The molecular formula is C17H21N2O2S+. The van der Waals surface area contributed by atoms with Crippen LogP contribution >= 0.6 is 0 Å². The Hall–Kier alpha value is -1.98. The van der Waals surface area contributed by atoms with Crippen LogP contribution in [-0.4, -0.2) is 35.8 Å². The van der Waals surface area contributed by atoms with Crippen molar-refractivity contribution in [2.24, 2.45) is 4.40 Å². The van der Waals surface area contributed by atoms with E-state index in [0.29, 0.717) is 4.48 Å². The summed E-state index contributed by atoms with van der Waals surface area (Å²) in [5.74, 6) is 0. The average molecular weight is 317 g/mol. The fourth-order valence-electron chi connectivity index (χ4n) is 1.91. The lowest BCUT2D eigenvalue weighted by molar-refractivity contribution is 0.486. The van der Waals surface area contributed by atoms with E-state index in [9.17, 15) is 8.42 Å². The molecule has 0 atom stereocenters. The van der Waals surface area contributed by atoms with Crippen LogP contribution in [0.2, 0.25) is 0 Å². The minimum Gasteiger partial charge on any atom is -0.298 e. The van der Waals surface area contributed by atoms with Gasteiger partial charge in [-0.25, -0.2) is 0 Å². The number of hydrogen-bond acceptors (Lipinski definition) is 2. The van der Waals surface area contributed by atoms with Gasteiger partial charge in [-0.3, -0.25) is 4.48 Å². The van der Waals surface area contributed by atoms with Crippen molar-refractivity contribution in [3.05, 3.63) is 59.7 Å². The van der Waals surface area contributed by atoms with E-state index in [1.807, 2.05) is 31.2 Å². The lowest BCUT2D eigenvalue weighted by Gasteiger charge is -2.23. The molecule has 0 spiro atoms. The number of aryl methyl sites for hydroxylation is 1. The van der Waals surface area contributed by atoms with E-state index < -0.39 is 10.0 Å². The van der Waals surface area contributed by atoms with Crippen LogP contribution in [0.3, 0.4) is 0 Å².